The molecule has 0 aliphatic heterocycles. The highest BCUT2D eigenvalue weighted by atomic mass is 35.5. The lowest BCUT2D eigenvalue weighted by Gasteiger charge is -2.29. The quantitative estimate of drug-likeness (QED) is 0.726. The second-order valence-electron chi connectivity index (χ2n) is 7.09. The monoisotopic (exact) mass is 402 g/mol. The summed E-state index contributed by atoms with van der Waals surface area (Å²) in [5.41, 5.74) is 2.06. The van der Waals surface area contributed by atoms with Crippen LogP contribution in [0.15, 0.2) is 48.5 Å². The fourth-order valence-corrected chi connectivity index (χ4v) is 2.88. The molecule has 0 bridgehead atoms. The molecule has 2 rings (SSSR count). The molecule has 0 saturated heterocycles. The largest absolute Gasteiger partial charge is 0.484 e. The van der Waals surface area contributed by atoms with Crippen molar-refractivity contribution in [2.75, 3.05) is 6.61 Å². The Bertz CT molecular complexity index is 806. The van der Waals surface area contributed by atoms with Gasteiger partial charge in [-0.05, 0) is 57.5 Å². The Labute approximate surface area is 171 Å². The molecule has 150 valence electrons. The summed E-state index contributed by atoms with van der Waals surface area (Å²) in [5, 5.41) is 3.46. The van der Waals surface area contributed by atoms with Crippen LogP contribution in [0.3, 0.4) is 0 Å². The summed E-state index contributed by atoms with van der Waals surface area (Å²) < 4.78 is 5.59. The van der Waals surface area contributed by atoms with Crippen molar-refractivity contribution < 1.29 is 14.3 Å². The first-order valence-electron chi connectivity index (χ1n) is 9.30. The Balaban J connectivity index is 2.14. The highest BCUT2D eigenvalue weighted by Crippen LogP contribution is 2.16. The third kappa shape index (κ3) is 6.57. The van der Waals surface area contributed by atoms with Crippen molar-refractivity contribution in [2.45, 2.75) is 46.3 Å². The van der Waals surface area contributed by atoms with E-state index in [9.17, 15) is 9.59 Å². The molecule has 0 aliphatic rings. The maximum Gasteiger partial charge on any atom is 0.261 e. The lowest BCUT2D eigenvalue weighted by atomic mass is 10.1. The Morgan fingerprint density at radius 1 is 1.11 bits per heavy atom. The molecular formula is C22H27ClN2O3. The molecule has 6 heteroatoms. The van der Waals surface area contributed by atoms with Gasteiger partial charge in [0.25, 0.3) is 5.91 Å². The van der Waals surface area contributed by atoms with E-state index in [1.165, 1.54) is 0 Å². The lowest BCUT2D eigenvalue weighted by molar-refractivity contribution is -0.142. The van der Waals surface area contributed by atoms with E-state index in [0.29, 0.717) is 17.3 Å². The Morgan fingerprint density at radius 2 is 1.79 bits per heavy atom. The third-order valence-corrected chi connectivity index (χ3v) is 4.46. The molecule has 2 aromatic carbocycles. The van der Waals surface area contributed by atoms with E-state index >= 15 is 0 Å². The van der Waals surface area contributed by atoms with E-state index in [4.69, 9.17) is 16.3 Å². The number of hydrogen-bond donors (Lipinski definition) is 1. The van der Waals surface area contributed by atoms with Crippen molar-refractivity contribution >= 4 is 23.4 Å². The number of benzene rings is 2. The van der Waals surface area contributed by atoms with Crippen molar-refractivity contribution in [1.82, 2.24) is 10.2 Å². The van der Waals surface area contributed by atoms with Crippen molar-refractivity contribution in [1.29, 1.82) is 0 Å². The zero-order valence-corrected chi connectivity index (χ0v) is 17.5. The molecule has 0 radical (unpaired) electrons. The maximum absolute atomic E-state index is 12.9. The minimum Gasteiger partial charge on any atom is -0.484 e. The van der Waals surface area contributed by atoms with E-state index in [1.54, 1.807) is 36.1 Å². The van der Waals surface area contributed by atoms with Crippen molar-refractivity contribution in [3.63, 3.8) is 0 Å². The lowest BCUT2D eigenvalue weighted by Crippen LogP contribution is -2.50. The SMILES string of the molecule is Cc1cccc(CN(C(=O)COc2ccc(Cl)cc2)[C@@H](C)C(=O)NC(C)C)c1. The van der Waals surface area contributed by atoms with Gasteiger partial charge < -0.3 is 15.0 Å². The average Bonchev–Trinajstić information content (AvgIpc) is 2.64. The molecule has 0 fully saturated rings. The number of nitrogens with zero attached hydrogens (tertiary/aromatic N) is 1. The average molecular weight is 403 g/mol. The van der Waals surface area contributed by atoms with Crippen LogP contribution in [-0.4, -0.2) is 35.4 Å². The van der Waals surface area contributed by atoms with Crippen LogP contribution in [0.1, 0.15) is 31.9 Å². The van der Waals surface area contributed by atoms with Crippen molar-refractivity contribution in [2.24, 2.45) is 0 Å². The number of rotatable bonds is 8. The van der Waals surface area contributed by atoms with Gasteiger partial charge in [-0.15, -0.1) is 0 Å². The summed E-state index contributed by atoms with van der Waals surface area (Å²) in [6.45, 7) is 7.67. The van der Waals surface area contributed by atoms with Gasteiger partial charge in [0.2, 0.25) is 5.91 Å². The first kappa shape index (κ1) is 21.8. The van der Waals surface area contributed by atoms with Crippen LogP contribution in [0.5, 0.6) is 5.75 Å². The number of ether oxygens (including phenoxy) is 1. The highest BCUT2D eigenvalue weighted by Gasteiger charge is 2.26. The molecule has 28 heavy (non-hydrogen) atoms. The van der Waals surface area contributed by atoms with E-state index in [0.717, 1.165) is 11.1 Å². The molecule has 0 heterocycles. The molecule has 2 amide bonds. The fourth-order valence-electron chi connectivity index (χ4n) is 2.75. The van der Waals surface area contributed by atoms with E-state index in [2.05, 4.69) is 5.32 Å². The van der Waals surface area contributed by atoms with Gasteiger partial charge in [-0.25, -0.2) is 0 Å². The van der Waals surface area contributed by atoms with Crippen LogP contribution in [-0.2, 0) is 16.1 Å². The van der Waals surface area contributed by atoms with Gasteiger partial charge in [-0.2, -0.15) is 0 Å². The highest BCUT2D eigenvalue weighted by molar-refractivity contribution is 6.30. The molecule has 0 aliphatic carbocycles. The number of carbonyl (C=O) groups is 2. The van der Waals surface area contributed by atoms with Crippen LogP contribution in [0.2, 0.25) is 5.02 Å². The zero-order chi connectivity index (χ0) is 20.7. The van der Waals surface area contributed by atoms with Gasteiger partial charge in [0.05, 0.1) is 0 Å². The second kappa shape index (κ2) is 10.1. The molecule has 1 N–H and O–H groups in total. The van der Waals surface area contributed by atoms with Crippen LogP contribution in [0.25, 0.3) is 0 Å². The van der Waals surface area contributed by atoms with E-state index in [1.807, 2.05) is 45.0 Å². The number of aryl methyl sites for hydroxylation is 1. The summed E-state index contributed by atoms with van der Waals surface area (Å²) in [7, 11) is 0. The Kier molecular flexibility index (Phi) is 7.88. The number of hydrogen-bond acceptors (Lipinski definition) is 3. The summed E-state index contributed by atoms with van der Waals surface area (Å²) in [6.07, 6.45) is 0. The van der Waals surface area contributed by atoms with Crippen LogP contribution >= 0.6 is 11.6 Å². The van der Waals surface area contributed by atoms with Gasteiger partial charge in [0.1, 0.15) is 11.8 Å². The molecular weight excluding hydrogens is 376 g/mol. The minimum atomic E-state index is -0.621. The number of nitrogens with one attached hydrogen (secondary N) is 1. The molecule has 2 aromatic rings. The number of halogens is 1. The van der Waals surface area contributed by atoms with Crippen LogP contribution in [0, 0.1) is 6.92 Å². The van der Waals surface area contributed by atoms with Gasteiger partial charge >= 0.3 is 0 Å². The Morgan fingerprint density at radius 3 is 2.39 bits per heavy atom. The molecule has 1 atom stereocenters. The van der Waals surface area contributed by atoms with E-state index < -0.39 is 6.04 Å². The van der Waals surface area contributed by atoms with Gasteiger partial charge in [-0.3, -0.25) is 9.59 Å². The molecule has 5 nitrogen and oxygen atoms in total. The topological polar surface area (TPSA) is 58.6 Å². The van der Waals surface area contributed by atoms with E-state index in [-0.39, 0.29) is 24.5 Å². The normalized spacial score (nSPS) is 11.8. The van der Waals surface area contributed by atoms with Gasteiger partial charge in [0.15, 0.2) is 6.61 Å². The summed E-state index contributed by atoms with van der Waals surface area (Å²) in [6, 6.07) is 14.1. The molecule has 0 unspecified atom stereocenters. The maximum atomic E-state index is 12.9. The van der Waals surface area contributed by atoms with Crippen molar-refractivity contribution in [3.05, 3.63) is 64.7 Å². The summed E-state index contributed by atoms with van der Waals surface area (Å²) in [5.74, 6) is 0.0953. The zero-order valence-electron chi connectivity index (χ0n) is 16.7. The van der Waals surface area contributed by atoms with Crippen LogP contribution < -0.4 is 10.1 Å². The van der Waals surface area contributed by atoms with Gasteiger partial charge in [-0.1, -0.05) is 41.4 Å². The Hall–Kier alpha value is -2.53. The molecule has 0 spiro atoms. The van der Waals surface area contributed by atoms with Gasteiger partial charge in [0, 0.05) is 17.6 Å². The standard InChI is InChI=1S/C22H27ClN2O3/c1-15(2)24-22(27)17(4)25(13-18-7-5-6-16(3)12-18)21(26)14-28-20-10-8-19(23)9-11-20/h5-12,15,17H,13-14H2,1-4H3,(H,24,27)/t17-/m0/s1. The van der Waals surface area contributed by atoms with Crippen LogP contribution in [0.4, 0.5) is 0 Å². The predicted molar refractivity (Wildman–Crippen MR) is 111 cm³/mol. The predicted octanol–water partition coefficient (Wildman–Crippen LogP) is 3.97. The smallest absolute Gasteiger partial charge is 0.261 e. The van der Waals surface area contributed by atoms with Crippen molar-refractivity contribution in [3.8, 4) is 5.75 Å². The second-order valence-corrected chi connectivity index (χ2v) is 7.53. The fraction of sp³-hybridized carbons (Fsp3) is 0.364. The third-order valence-electron chi connectivity index (χ3n) is 4.21. The first-order chi connectivity index (χ1) is 13.3. The number of amides is 2. The molecule has 0 aromatic heterocycles. The number of carbonyl (C=O) groups excluding carboxylic acids is 2. The summed E-state index contributed by atoms with van der Waals surface area (Å²) >= 11 is 5.87. The summed E-state index contributed by atoms with van der Waals surface area (Å²) in [4.78, 5) is 27.0. The minimum absolute atomic E-state index is 0.00353. The molecule has 0 saturated carbocycles. The first-order valence-corrected chi connectivity index (χ1v) is 9.68.